The van der Waals surface area contributed by atoms with Crippen LogP contribution in [0.3, 0.4) is 0 Å². The van der Waals surface area contributed by atoms with Crippen molar-refractivity contribution in [2.75, 3.05) is 24.5 Å². The van der Waals surface area contributed by atoms with Crippen molar-refractivity contribution in [2.45, 2.75) is 38.0 Å². The van der Waals surface area contributed by atoms with Crippen LogP contribution in [-0.4, -0.2) is 58.5 Å². The number of sulfonamides is 1. The highest BCUT2D eigenvalue weighted by atomic mass is 32.2. The van der Waals surface area contributed by atoms with E-state index in [2.05, 4.69) is 15.5 Å². The van der Waals surface area contributed by atoms with Crippen molar-refractivity contribution < 1.29 is 13.2 Å². The molecule has 1 amide bonds. The zero-order valence-electron chi connectivity index (χ0n) is 18.2. The number of hydrogen-bond acceptors (Lipinski definition) is 6. The summed E-state index contributed by atoms with van der Waals surface area (Å²) in [6.45, 7) is 5.13. The molecule has 0 atom stereocenters. The first-order valence-corrected chi connectivity index (χ1v) is 12.1. The molecule has 0 unspecified atom stereocenters. The van der Waals surface area contributed by atoms with Crippen LogP contribution >= 0.6 is 0 Å². The monoisotopic (exact) mass is 454 g/mol. The lowest BCUT2D eigenvalue weighted by molar-refractivity contribution is -0.118. The number of aryl methyl sites for hydroxylation is 1. The van der Waals surface area contributed by atoms with Crippen molar-refractivity contribution in [3.8, 4) is 5.69 Å². The molecule has 0 saturated heterocycles. The molecule has 0 bridgehead atoms. The van der Waals surface area contributed by atoms with Crippen molar-refractivity contribution in [3.63, 3.8) is 0 Å². The molecular weight excluding hydrogens is 428 g/mol. The van der Waals surface area contributed by atoms with Crippen LogP contribution in [0.5, 0.6) is 0 Å². The second kappa shape index (κ2) is 9.17. The largest absolute Gasteiger partial charge is 0.312 e. The van der Waals surface area contributed by atoms with Gasteiger partial charge in [0, 0.05) is 25.3 Å². The highest BCUT2D eigenvalue weighted by molar-refractivity contribution is 7.89. The van der Waals surface area contributed by atoms with E-state index in [1.54, 1.807) is 27.8 Å². The van der Waals surface area contributed by atoms with E-state index in [4.69, 9.17) is 0 Å². The Morgan fingerprint density at radius 1 is 1.09 bits per heavy atom. The third kappa shape index (κ3) is 4.28. The molecule has 1 aliphatic rings. The maximum absolute atomic E-state index is 13.1. The zero-order valence-corrected chi connectivity index (χ0v) is 19.0. The Balaban J connectivity index is 1.53. The highest BCUT2D eigenvalue weighted by Gasteiger charge is 2.27. The van der Waals surface area contributed by atoms with Crippen LogP contribution in [0.25, 0.3) is 5.69 Å². The van der Waals surface area contributed by atoms with Crippen LogP contribution in [0.2, 0.25) is 0 Å². The van der Waals surface area contributed by atoms with Crippen molar-refractivity contribution >= 4 is 21.6 Å². The molecule has 0 aliphatic carbocycles. The third-order valence-electron chi connectivity index (χ3n) is 5.72. The molecule has 0 saturated carbocycles. The SMILES string of the molecule is CCN(CC)S(=O)(=O)c1ccc2c(c1)CCCN2C(=O)Cc1ccc(-n2cnnn2)cc1. The van der Waals surface area contributed by atoms with Crippen molar-refractivity contribution in [1.29, 1.82) is 0 Å². The minimum atomic E-state index is -3.53. The molecule has 32 heavy (non-hydrogen) atoms. The summed E-state index contributed by atoms with van der Waals surface area (Å²) in [5.41, 5.74) is 3.40. The van der Waals surface area contributed by atoms with E-state index in [-0.39, 0.29) is 17.2 Å². The number of fused-ring (bicyclic) bond motifs is 1. The van der Waals surface area contributed by atoms with Gasteiger partial charge in [-0.2, -0.15) is 4.31 Å². The summed E-state index contributed by atoms with van der Waals surface area (Å²) in [4.78, 5) is 15.1. The number of hydrogen-bond donors (Lipinski definition) is 0. The predicted octanol–water partition coefficient (Wildman–Crippen LogP) is 2.21. The Labute approximate surface area is 187 Å². The molecule has 0 radical (unpaired) electrons. The van der Waals surface area contributed by atoms with E-state index in [1.165, 1.54) is 10.6 Å². The molecule has 10 heteroatoms. The maximum Gasteiger partial charge on any atom is 0.243 e. The van der Waals surface area contributed by atoms with Gasteiger partial charge < -0.3 is 4.90 Å². The van der Waals surface area contributed by atoms with Crippen LogP contribution in [-0.2, 0) is 27.7 Å². The molecule has 4 rings (SSSR count). The zero-order chi connectivity index (χ0) is 22.7. The average Bonchev–Trinajstić information content (AvgIpc) is 3.34. The Morgan fingerprint density at radius 3 is 2.50 bits per heavy atom. The van der Waals surface area contributed by atoms with E-state index in [0.29, 0.717) is 19.6 Å². The molecule has 168 valence electrons. The van der Waals surface area contributed by atoms with Crippen LogP contribution in [0, 0.1) is 0 Å². The average molecular weight is 455 g/mol. The van der Waals surface area contributed by atoms with Gasteiger partial charge >= 0.3 is 0 Å². The number of anilines is 1. The molecule has 9 nitrogen and oxygen atoms in total. The molecule has 0 spiro atoms. The van der Waals surface area contributed by atoms with Gasteiger partial charge in [0.25, 0.3) is 0 Å². The summed E-state index contributed by atoms with van der Waals surface area (Å²) in [5.74, 6) is -0.0135. The molecule has 0 fully saturated rings. The fraction of sp³-hybridized carbons (Fsp3) is 0.364. The van der Waals surface area contributed by atoms with Crippen molar-refractivity contribution in [2.24, 2.45) is 0 Å². The number of nitrogens with zero attached hydrogens (tertiary/aromatic N) is 6. The van der Waals surface area contributed by atoms with Gasteiger partial charge in [0.1, 0.15) is 6.33 Å². The number of amides is 1. The highest BCUT2D eigenvalue weighted by Crippen LogP contribution is 2.31. The Kier molecular flexibility index (Phi) is 6.33. The summed E-state index contributed by atoms with van der Waals surface area (Å²) in [5, 5.41) is 11.1. The number of tetrazole rings is 1. The topological polar surface area (TPSA) is 101 Å². The normalized spacial score (nSPS) is 13.9. The second-order valence-corrected chi connectivity index (χ2v) is 9.56. The summed E-state index contributed by atoms with van der Waals surface area (Å²) in [6, 6.07) is 12.6. The lowest BCUT2D eigenvalue weighted by Crippen LogP contribution is -2.37. The molecule has 3 aromatic rings. The summed E-state index contributed by atoms with van der Waals surface area (Å²) in [7, 11) is -3.53. The minimum Gasteiger partial charge on any atom is -0.312 e. The van der Waals surface area contributed by atoms with E-state index in [9.17, 15) is 13.2 Å². The van der Waals surface area contributed by atoms with Crippen LogP contribution in [0.4, 0.5) is 5.69 Å². The second-order valence-electron chi connectivity index (χ2n) is 7.63. The number of rotatable bonds is 7. The maximum atomic E-state index is 13.1. The smallest absolute Gasteiger partial charge is 0.243 e. The van der Waals surface area contributed by atoms with Gasteiger partial charge in [-0.3, -0.25) is 4.79 Å². The lowest BCUT2D eigenvalue weighted by atomic mass is 10.0. The number of aromatic nitrogens is 4. The van der Waals surface area contributed by atoms with Crippen molar-refractivity contribution in [1.82, 2.24) is 24.5 Å². The third-order valence-corrected chi connectivity index (χ3v) is 7.76. The molecule has 1 aromatic heterocycles. The van der Waals surface area contributed by atoms with Gasteiger partial charge in [-0.05, 0) is 64.7 Å². The standard InChI is InChI=1S/C22H26N6O3S/c1-3-26(4-2)32(30,31)20-11-12-21-18(15-20)6-5-13-27(21)22(29)14-17-7-9-19(10-8-17)28-16-23-24-25-28/h7-12,15-16H,3-6,13-14H2,1-2H3. The summed E-state index contributed by atoms with van der Waals surface area (Å²) in [6.07, 6.45) is 3.32. The summed E-state index contributed by atoms with van der Waals surface area (Å²) >= 11 is 0. The Morgan fingerprint density at radius 2 is 1.84 bits per heavy atom. The van der Waals surface area contributed by atoms with E-state index >= 15 is 0 Å². The minimum absolute atomic E-state index is 0.0135. The van der Waals surface area contributed by atoms with Gasteiger partial charge in [-0.1, -0.05) is 26.0 Å². The molecule has 1 aliphatic heterocycles. The van der Waals surface area contributed by atoms with Gasteiger partial charge in [0.15, 0.2) is 0 Å². The molecule has 2 aromatic carbocycles. The molecule has 2 heterocycles. The Bertz CT molecular complexity index is 1190. The fourth-order valence-electron chi connectivity index (χ4n) is 4.02. The summed E-state index contributed by atoms with van der Waals surface area (Å²) < 4.78 is 28.8. The van der Waals surface area contributed by atoms with Gasteiger partial charge in [0.2, 0.25) is 15.9 Å². The number of benzene rings is 2. The first kappa shape index (κ1) is 22.1. The van der Waals surface area contributed by atoms with Crippen molar-refractivity contribution in [3.05, 3.63) is 59.9 Å². The predicted molar refractivity (Wildman–Crippen MR) is 120 cm³/mol. The van der Waals surface area contributed by atoms with Crippen LogP contribution in [0.15, 0.2) is 53.7 Å². The first-order chi connectivity index (χ1) is 15.4. The van der Waals surface area contributed by atoms with Crippen LogP contribution in [0.1, 0.15) is 31.4 Å². The van der Waals surface area contributed by atoms with E-state index in [1.807, 2.05) is 38.1 Å². The van der Waals surface area contributed by atoms with Gasteiger partial charge in [-0.15, -0.1) is 5.10 Å². The van der Waals surface area contributed by atoms with E-state index < -0.39 is 10.0 Å². The van der Waals surface area contributed by atoms with Gasteiger partial charge in [-0.25, -0.2) is 13.1 Å². The van der Waals surface area contributed by atoms with E-state index in [0.717, 1.165) is 35.3 Å². The van der Waals surface area contributed by atoms with Gasteiger partial charge in [0.05, 0.1) is 17.0 Å². The number of carbonyl (C=O) groups is 1. The lowest BCUT2D eigenvalue weighted by Gasteiger charge is -2.30. The quantitative estimate of drug-likeness (QED) is 0.543. The fourth-order valence-corrected chi connectivity index (χ4v) is 5.53. The molecular formula is C22H26N6O3S. The molecule has 0 N–H and O–H groups in total. The van der Waals surface area contributed by atoms with Crippen LogP contribution < -0.4 is 4.90 Å². The number of carbonyl (C=O) groups excluding carboxylic acids is 1. The Hall–Kier alpha value is -3.11. The first-order valence-electron chi connectivity index (χ1n) is 10.7.